The van der Waals surface area contributed by atoms with Crippen LogP contribution in [-0.4, -0.2) is 5.91 Å². The predicted molar refractivity (Wildman–Crippen MR) is 90.1 cm³/mol. The van der Waals surface area contributed by atoms with Gasteiger partial charge in [0.1, 0.15) is 11.5 Å². The van der Waals surface area contributed by atoms with Crippen LogP contribution in [0.2, 0.25) is 0 Å². The fraction of sp³-hybridized carbons (Fsp3) is 0.421. The number of unbranched alkanes of at least 4 members (excludes halogenated alkanes) is 1. The van der Waals surface area contributed by atoms with Gasteiger partial charge >= 0.3 is 0 Å². The van der Waals surface area contributed by atoms with E-state index in [0.717, 1.165) is 30.0 Å². The van der Waals surface area contributed by atoms with Crippen LogP contribution in [0.4, 0.5) is 5.69 Å². The summed E-state index contributed by atoms with van der Waals surface area (Å²) in [6.07, 6.45) is 5.47. The van der Waals surface area contributed by atoms with Crippen molar-refractivity contribution in [3.8, 4) is 0 Å². The molecule has 0 fully saturated rings. The summed E-state index contributed by atoms with van der Waals surface area (Å²) in [6, 6.07) is 12.1. The van der Waals surface area contributed by atoms with Crippen LogP contribution in [0.5, 0.6) is 0 Å². The Balaban J connectivity index is 1.78. The van der Waals surface area contributed by atoms with Crippen LogP contribution < -0.4 is 5.32 Å². The van der Waals surface area contributed by atoms with Crippen molar-refractivity contribution in [2.75, 3.05) is 5.32 Å². The van der Waals surface area contributed by atoms with E-state index in [0.29, 0.717) is 12.8 Å². The first-order valence-corrected chi connectivity index (χ1v) is 8.17. The zero-order valence-electron chi connectivity index (χ0n) is 13.5. The van der Waals surface area contributed by atoms with E-state index in [9.17, 15) is 4.79 Å². The van der Waals surface area contributed by atoms with Gasteiger partial charge < -0.3 is 9.73 Å². The fourth-order valence-corrected chi connectivity index (χ4v) is 2.34. The molecule has 0 atom stereocenters. The van der Waals surface area contributed by atoms with E-state index in [-0.39, 0.29) is 5.91 Å². The number of aryl methyl sites for hydroxylation is 3. The van der Waals surface area contributed by atoms with Crippen LogP contribution >= 0.6 is 0 Å². The Morgan fingerprint density at radius 1 is 1.00 bits per heavy atom. The molecule has 0 aliphatic rings. The Bertz CT molecular complexity index is 584. The molecular weight excluding hydrogens is 274 g/mol. The molecule has 0 saturated carbocycles. The van der Waals surface area contributed by atoms with Crippen molar-refractivity contribution in [2.24, 2.45) is 0 Å². The molecule has 118 valence electrons. The largest absolute Gasteiger partial charge is 0.466 e. The van der Waals surface area contributed by atoms with Crippen LogP contribution in [0.25, 0.3) is 0 Å². The molecule has 0 aliphatic carbocycles. The number of anilines is 1. The number of hydrogen-bond acceptors (Lipinski definition) is 2. The van der Waals surface area contributed by atoms with Gasteiger partial charge in [0, 0.05) is 24.9 Å². The number of benzene rings is 1. The highest BCUT2D eigenvalue weighted by Gasteiger charge is 2.06. The van der Waals surface area contributed by atoms with Gasteiger partial charge in [-0.15, -0.1) is 0 Å². The third-order valence-corrected chi connectivity index (χ3v) is 3.72. The van der Waals surface area contributed by atoms with Gasteiger partial charge in [-0.05, 0) is 42.7 Å². The molecule has 1 amide bonds. The molecule has 1 N–H and O–H groups in total. The van der Waals surface area contributed by atoms with E-state index in [4.69, 9.17) is 4.42 Å². The summed E-state index contributed by atoms with van der Waals surface area (Å²) in [5, 5.41) is 2.94. The van der Waals surface area contributed by atoms with Gasteiger partial charge in [0.15, 0.2) is 0 Å². The number of nitrogens with one attached hydrogen (secondary N) is 1. The van der Waals surface area contributed by atoms with Crippen LogP contribution in [-0.2, 0) is 24.1 Å². The lowest BCUT2D eigenvalue weighted by Gasteiger charge is -2.06. The van der Waals surface area contributed by atoms with E-state index in [1.54, 1.807) is 0 Å². The van der Waals surface area contributed by atoms with Gasteiger partial charge in [-0.3, -0.25) is 4.79 Å². The molecule has 2 aromatic rings. The molecule has 3 heteroatoms. The van der Waals surface area contributed by atoms with E-state index in [2.05, 4.69) is 31.3 Å². The van der Waals surface area contributed by atoms with Gasteiger partial charge in [-0.2, -0.15) is 0 Å². The van der Waals surface area contributed by atoms with Gasteiger partial charge in [-0.1, -0.05) is 32.4 Å². The maximum Gasteiger partial charge on any atom is 0.224 e. The summed E-state index contributed by atoms with van der Waals surface area (Å²) in [6.45, 7) is 4.25. The average molecular weight is 299 g/mol. The van der Waals surface area contributed by atoms with Crippen molar-refractivity contribution in [1.29, 1.82) is 0 Å². The zero-order valence-corrected chi connectivity index (χ0v) is 13.5. The van der Waals surface area contributed by atoms with Gasteiger partial charge in [0.05, 0.1) is 0 Å². The van der Waals surface area contributed by atoms with Crippen molar-refractivity contribution in [2.45, 2.75) is 52.4 Å². The molecule has 0 radical (unpaired) electrons. The van der Waals surface area contributed by atoms with Crippen molar-refractivity contribution in [3.63, 3.8) is 0 Å². The minimum absolute atomic E-state index is 0.0238. The first-order valence-electron chi connectivity index (χ1n) is 8.17. The molecule has 0 unspecified atom stereocenters. The van der Waals surface area contributed by atoms with Crippen molar-refractivity contribution < 1.29 is 9.21 Å². The SMILES string of the molecule is CCCCc1ccc(NC(=O)CCc2ccc(CC)o2)cc1. The van der Waals surface area contributed by atoms with Gasteiger partial charge in [0.2, 0.25) is 5.91 Å². The highest BCUT2D eigenvalue weighted by molar-refractivity contribution is 5.90. The van der Waals surface area contributed by atoms with E-state index < -0.39 is 0 Å². The van der Waals surface area contributed by atoms with E-state index in [1.165, 1.54) is 18.4 Å². The lowest BCUT2D eigenvalue weighted by atomic mass is 10.1. The van der Waals surface area contributed by atoms with Gasteiger partial charge in [-0.25, -0.2) is 0 Å². The molecule has 1 heterocycles. The monoisotopic (exact) mass is 299 g/mol. The number of carbonyl (C=O) groups is 1. The first-order chi connectivity index (χ1) is 10.7. The molecule has 1 aromatic heterocycles. The molecule has 1 aromatic carbocycles. The normalized spacial score (nSPS) is 10.6. The van der Waals surface area contributed by atoms with E-state index in [1.807, 2.05) is 24.3 Å². The Morgan fingerprint density at radius 3 is 2.36 bits per heavy atom. The summed E-state index contributed by atoms with van der Waals surface area (Å²) < 4.78 is 5.61. The molecular formula is C19H25NO2. The number of carbonyl (C=O) groups excluding carboxylic acids is 1. The first kappa shape index (κ1) is 16.3. The Morgan fingerprint density at radius 2 is 1.73 bits per heavy atom. The predicted octanol–water partition coefficient (Wildman–Crippen LogP) is 4.76. The minimum Gasteiger partial charge on any atom is -0.466 e. The lowest BCUT2D eigenvalue weighted by Crippen LogP contribution is -2.12. The summed E-state index contributed by atoms with van der Waals surface area (Å²) in [5.41, 5.74) is 2.18. The second-order valence-electron chi connectivity index (χ2n) is 5.57. The van der Waals surface area contributed by atoms with Crippen LogP contribution in [0, 0.1) is 0 Å². The van der Waals surface area contributed by atoms with E-state index >= 15 is 0 Å². The summed E-state index contributed by atoms with van der Waals surface area (Å²) in [7, 11) is 0. The van der Waals surface area contributed by atoms with Crippen molar-refractivity contribution in [1.82, 2.24) is 0 Å². The molecule has 22 heavy (non-hydrogen) atoms. The summed E-state index contributed by atoms with van der Waals surface area (Å²) in [4.78, 5) is 12.0. The van der Waals surface area contributed by atoms with Crippen molar-refractivity contribution >= 4 is 11.6 Å². The highest BCUT2D eigenvalue weighted by atomic mass is 16.3. The quantitative estimate of drug-likeness (QED) is 0.764. The highest BCUT2D eigenvalue weighted by Crippen LogP contribution is 2.14. The Kier molecular flexibility index (Phi) is 6.26. The van der Waals surface area contributed by atoms with Crippen LogP contribution in [0.15, 0.2) is 40.8 Å². The smallest absolute Gasteiger partial charge is 0.224 e. The summed E-state index contributed by atoms with van der Waals surface area (Å²) in [5.74, 6) is 1.87. The fourth-order valence-electron chi connectivity index (χ4n) is 2.34. The molecule has 0 bridgehead atoms. The topological polar surface area (TPSA) is 42.2 Å². The average Bonchev–Trinajstić information content (AvgIpc) is 3.00. The van der Waals surface area contributed by atoms with Crippen molar-refractivity contribution in [3.05, 3.63) is 53.5 Å². The minimum atomic E-state index is 0.0238. The molecule has 0 saturated heterocycles. The van der Waals surface area contributed by atoms with Crippen LogP contribution in [0.1, 0.15) is 50.2 Å². The molecule has 2 rings (SSSR count). The van der Waals surface area contributed by atoms with Gasteiger partial charge in [0.25, 0.3) is 0 Å². The Labute approximate surface area is 132 Å². The zero-order chi connectivity index (χ0) is 15.8. The third-order valence-electron chi connectivity index (χ3n) is 3.72. The second-order valence-corrected chi connectivity index (χ2v) is 5.57. The molecule has 3 nitrogen and oxygen atoms in total. The maximum atomic E-state index is 12.0. The number of furan rings is 1. The number of amides is 1. The number of rotatable bonds is 8. The standard InChI is InChI=1S/C19H25NO2/c1-3-5-6-15-7-9-16(10-8-15)20-19(21)14-13-18-12-11-17(4-2)22-18/h7-12H,3-6,13-14H2,1-2H3,(H,20,21). The molecule has 0 spiro atoms. The second kappa shape index (κ2) is 8.42. The Hall–Kier alpha value is -2.03. The number of hydrogen-bond donors (Lipinski definition) is 1. The third kappa shape index (κ3) is 5.06. The maximum absolute atomic E-state index is 12.0. The lowest BCUT2D eigenvalue weighted by molar-refractivity contribution is -0.116. The van der Waals surface area contributed by atoms with Crippen LogP contribution in [0.3, 0.4) is 0 Å². The molecule has 0 aliphatic heterocycles. The summed E-state index contributed by atoms with van der Waals surface area (Å²) >= 11 is 0.